The number of likely N-dealkylation sites (N-methyl/N-ethyl adjacent to an activating group) is 1. The fraction of sp³-hybridized carbons (Fsp3) is 0.455. The summed E-state index contributed by atoms with van der Waals surface area (Å²) in [6, 6.07) is 7.77. The molecule has 1 unspecified atom stereocenters. The van der Waals surface area contributed by atoms with E-state index in [4.69, 9.17) is 9.47 Å². The van der Waals surface area contributed by atoms with Crippen LogP contribution in [0.4, 0.5) is 0 Å². The molecule has 0 aromatic heterocycles. The molecule has 1 atom stereocenters. The van der Waals surface area contributed by atoms with E-state index in [-0.39, 0.29) is 6.10 Å². The molecule has 0 aliphatic carbocycles. The van der Waals surface area contributed by atoms with E-state index in [1.807, 2.05) is 24.3 Å². The van der Waals surface area contributed by atoms with E-state index < -0.39 is 0 Å². The minimum Gasteiger partial charge on any atom is -0.486 e. The third kappa shape index (κ3) is 1.99. The monoisotopic (exact) mass is 193 g/mol. The molecule has 1 aromatic rings. The zero-order chi connectivity index (χ0) is 9.80. The fourth-order valence-corrected chi connectivity index (χ4v) is 1.47. The number of rotatable bonds is 3. The normalized spacial score (nSPS) is 19.4. The molecule has 0 radical (unpaired) electrons. The Morgan fingerprint density at radius 2 is 2.14 bits per heavy atom. The van der Waals surface area contributed by atoms with Crippen LogP contribution in [0.25, 0.3) is 0 Å². The van der Waals surface area contributed by atoms with Crippen LogP contribution in [0.3, 0.4) is 0 Å². The van der Waals surface area contributed by atoms with E-state index in [9.17, 15) is 0 Å². The largest absolute Gasteiger partial charge is 0.486 e. The number of nitrogens with one attached hydrogen (secondary N) is 1. The Morgan fingerprint density at radius 3 is 2.93 bits per heavy atom. The molecule has 0 saturated heterocycles. The molecule has 1 N–H and O–H groups in total. The lowest BCUT2D eigenvalue weighted by Crippen LogP contribution is -2.38. The quantitative estimate of drug-likeness (QED) is 0.787. The van der Waals surface area contributed by atoms with Crippen LogP contribution in [-0.2, 0) is 0 Å². The molecule has 2 rings (SSSR count). The lowest BCUT2D eigenvalue weighted by Gasteiger charge is -2.26. The van der Waals surface area contributed by atoms with Gasteiger partial charge in [0, 0.05) is 6.54 Å². The van der Waals surface area contributed by atoms with Crippen LogP contribution in [0.15, 0.2) is 24.3 Å². The van der Waals surface area contributed by atoms with Gasteiger partial charge in [-0.05, 0) is 18.7 Å². The van der Waals surface area contributed by atoms with Gasteiger partial charge in [0.25, 0.3) is 0 Å². The molecular formula is C11H15NO2. The van der Waals surface area contributed by atoms with E-state index in [1.54, 1.807) is 0 Å². The molecule has 1 aliphatic heterocycles. The van der Waals surface area contributed by atoms with Crippen LogP contribution in [0.2, 0.25) is 0 Å². The van der Waals surface area contributed by atoms with Gasteiger partial charge in [-0.15, -0.1) is 0 Å². The lowest BCUT2D eigenvalue weighted by molar-refractivity contribution is 0.0909. The number of benzene rings is 1. The molecule has 3 heteroatoms. The van der Waals surface area contributed by atoms with E-state index in [0.29, 0.717) is 6.61 Å². The van der Waals surface area contributed by atoms with Crippen molar-refractivity contribution in [1.29, 1.82) is 0 Å². The van der Waals surface area contributed by atoms with Gasteiger partial charge in [0.05, 0.1) is 0 Å². The third-order valence-corrected chi connectivity index (χ3v) is 2.19. The van der Waals surface area contributed by atoms with Gasteiger partial charge in [0.15, 0.2) is 11.5 Å². The summed E-state index contributed by atoms with van der Waals surface area (Å²) in [5.74, 6) is 1.70. The first-order valence-corrected chi connectivity index (χ1v) is 4.99. The topological polar surface area (TPSA) is 30.5 Å². The second-order valence-corrected chi connectivity index (χ2v) is 3.31. The smallest absolute Gasteiger partial charge is 0.161 e. The second kappa shape index (κ2) is 4.33. The number of hydrogen-bond donors (Lipinski definition) is 1. The Kier molecular flexibility index (Phi) is 2.89. The van der Waals surface area contributed by atoms with Gasteiger partial charge in [0.1, 0.15) is 12.7 Å². The van der Waals surface area contributed by atoms with Crippen molar-refractivity contribution < 1.29 is 9.47 Å². The minimum absolute atomic E-state index is 0.129. The number of fused-ring (bicyclic) bond motifs is 1. The first-order valence-electron chi connectivity index (χ1n) is 4.99. The average molecular weight is 193 g/mol. The molecule has 0 spiro atoms. The van der Waals surface area contributed by atoms with Gasteiger partial charge >= 0.3 is 0 Å². The highest BCUT2D eigenvalue weighted by molar-refractivity contribution is 5.40. The Bertz CT molecular complexity index is 301. The van der Waals surface area contributed by atoms with Gasteiger partial charge in [0.2, 0.25) is 0 Å². The van der Waals surface area contributed by atoms with Crippen molar-refractivity contribution in [2.75, 3.05) is 19.7 Å². The Morgan fingerprint density at radius 1 is 1.36 bits per heavy atom. The van der Waals surface area contributed by atoms with E-state index in [0.717, 1.165) is 24.6 Å². The Hall–Kier alpha value is -1.22. The van der Waals surface area contributed by atoms with Crippen LogP contribution in [0.5, 0.6) is 11.5 Å². The maximum absolute atomic E-state index is 5.75. The fourth-order valence-electron chi connectivity index (χ4n) is 1.47. The maximum Gasteiger partial charge on any atom is 0.161 e. The van der Waals surface area contributed by atoms with Crippen molar-refractivity contribution in [3.05, 3.63) is 24.3 Å². The highest BCUT2D eigenvalue weighted by atomic mass is 16.6. The van der Waals surface area contributed by atoms with Crippen molar-refractivity contribution in [2.45, 2.75) is 13.0 Å². The standard InChI is InChI=1S/C11H15NO2/c1-2-12-7-9-8-13-10-5-3-4-6-11(10)14-9/h3-6,9,12H,2,7-8H2,1H3. The predicted molar refractivity (Wildman–Crippen MR) is 54.9 cm³/mol. The van der Waals surface area contributed by atoms with E-state index in [1.165, 1.54) is 0 Å². The Balaban J connectivity index is 1.99. The van der Waals surface area contributed by atoms with Crippen molar-refractivity contribution in [3.63, 3.8) is 0 Å². The second-order valence-electron chi connectivity index (χ2n) is 3.31. The number of ether oxygens (including phenoxy) is 2. The van der Waals surface area contributed by atoms with E-state index >= 15 is 0 Å². The molecule has 1 aromatic carbocycles. The summed E-state index contributed by atoms with van der Waals surface area (Å²) < 4.78 is 11.3. The van der Waals surface area contributed by atoms with Crippen LogP contribution < -0.4 is 14.8 Å². The summed E-state index contributed by atoms with van der Waals surface area (Å²) in [4.78, 5) is 0. The maximum atomic E-state index is 5.75. The first kappa shape index (κ1) is 9.34. The van der Waals surface area contributed by atoms with Crippen molar-refractivity contribution in [1.82, 2.24) is 5.32 Å². The highest BCUT2D eigenvalue weighted by Gasteiger charge is 2.19. The van der Waals surface area contributed by atoms with Crippen molar-refractivity contribution in [3.8, 4) is 11.5 Å². The molecule has 0 amide bonds. The van der Waals surface area contributed by atoms with Gasteiger partial charge in [-0.2, -0.15) is 0 Å². The Labute approximate surface area is 84.0 Å². The van der Waals surface area contributed by atoms with Gasteiger partial charge in [-0.25, -0.2) is 0 Å². The van der Waals surface area contributed by atoms with Crippen LogP contribution in [-0.4, -0.2) is 25.8 Å². The number of para-hydroxylation sites is 2. The van der Waals surface area contributed by atoms with Gasteiger partial charge < -0.3 is 14.8 Å². The van der Waals surface area contributed by atoms with E-state index in [2.05, 4.69) is 12.2 Å². The van der Waals surface area contributed by atoms with Gasteiger partial charge in [-0.1, -0.05) is 19.1 Å². The van der Waals surface area contributed by atoms with Crippen LogP contribution in [0.1, 0.15) is 6.92 Å². The molecular weight excluding hydrogens is 178 g/mol. The molecule has 76 valence electrons. The summed E-state index contributed by atoms with van der Waals surface area (Å²) in [5.41, 5.74) is 0. The summed E-state index contributed by atoms with van der Waals surface area (Å²) in [5, 5.41) is 3.24. The minimum atomic E-state index is 0.129. The summed E-state index contributed by atoms with van der Waals surface area (Å²) >= 11 is 0. The van der Waals surface area contributed by atoms with Crippen molar-refractivity contribution in [2.24, 2.45) is 0 Å². The molecule has 0 saturated carbocycles. The molecule has 1 aliphatic rings. The summed E-state index contributed by atoms with van der Waals surface area (Å²) in [6.07, 6.45) is 0.129. The van der Waals surface area contributed by atoms with Crippen molar-refractivity contribution >= 4 is 0 Å². The molecule has 1 heterocycles. The highest BCUT2D eigenvalue weighted by Crippen LogP contribution is 2.30. The molecule has 14 heavy (non-hydrogen) atoms. The summed E-state index contributed by atoms with van der Waals surface area (Å²) in [6.45, 7) is 4.51. The first-order chi connectivity index (χ1) is 6.90. The molecule has 0 fully saturated rings. The zero-order valence-corrected chi connectivity index (χ0v) is 8.32. The average Bonchev–Trinajstić information content (AvgIpc) is 2.26. The predicted octanol–water partition coefficient (Wildman–Crippen LogP) is 1.44. The zero-order valence-electron chi connectivity index (χ0n) is 8.32. The van der Waals surface area contributed by atoms with Crippen LogP contribution in [0, 0.1) is 0 Å². The molecule has 3 nitrogen and oxygen atoms in total. The third-order valence-electron chi connectivity index (χ3n) is 2.19. The SMILES string of the molecule is CCNCC1COc2ccccc2O1. The number of hydrogen-bond acceptors (Lipinski definition) is 3. The molecule has 0 bridgehead atoms. The van der Waals surface area contributed by atoms with Gasteiger partial charge in [-0.3, -0.25) is 0 Å². The van der Waals surface area contributed by atoms with Crippen LogP contribution >= 0.6 is 0 Å². The lowest BCUT2D eigenvalue weighted by atomic mass is 10.2. The summed E-state index contributed by atoms with van der Waals surface area (Å²) in [7, 11) is 0.